The lowest BCUT2D eigenvalue weighted by Crippen LogP contribution is -2.48. The maximum atomic E-state index is 12.5. The van der Waals surface area contributed by atoms with Crippen molar-refractivity contribution in [1.82, 2.24) is 5.32 Å². The van der Waals surface area contributed by atoms with E-state index in [0.29, 0.717) is 24.0 Å². The molecule has 5 nitrogen and oxygen atoms in total. The van der Waals surface area contributed by atoms with E-state index in [0.717, 1.165) is 61.3 Å². The van der Waals surface area contributed by atoms with Crippen LogP contribution in [0.2, 0.25) is 0 Å². The second-order valence-electron chi connectivity index (χ2n) is 17.1. The van der Waals surface area contributed by atoms with Crippen molar-refractivity contribution in [2.45, 2.75) is 198 Å². The number of fused-ring (bicyclic) bond motifs is 1. The van der Waals surface area contributed by atoms with E-state index in [1.165, 1.54) is 83.5 Å². The highest BCUT2D eigenvalue weighted by Crippen LogP contribution is 2.64. The summed E-state index contributed by atoms with van der Waals surface area (Å²) in [6.07, 6.45) is 19.8. The first-order valence-electron chi connectivity index (χ1n) is 20.5. The van der Waals surface area contributed by atoms with Gasteiger partial charge in [-0.15, -0.1) is 0 Å². The summed E-state index contributed by atoms with van der Waals surface area (Å²) >= 11 is 0. The number of nitrogens with two attached hydrogens (primary N) is 1. The molecular formula is C42H84N2O3. The Bertz CT molecular complexity index is 819. The van der Waals surface area contributed by atoms with Crippen LogP contribution in [0.4, 0.5) is 4.79 Å². The monoisotopic (exact) mass is 665 g/mol. The van der Waals surface area contributed by atoms with Crippen molar-refractivity contribution in [2.24, 2.45) is 52.1 Å². The average molecular weight is 665 g/mol. The molecular weight excluding hydrogens is 580 g/mol. The van der Waals surface area contributed by atoms with Crippen molar-refractivity contribution in [3.8, 4) is 0 Å². The van der Waals surface area contributed by atoms with Gasteiger partial charge in [-0.3, -0.25) is 0 Å². The van der Waals surface area contributed by atoms with Crippen molar-refractivity contribution in [3.05, 3.63) is 0 Å². The van der Waals surface area contributed by atoms with E-state index in [2.05, 4.69) is 74.6 Å². The molecule has 5 heteroatoms. The summed E-state index contributed by atoms with van der Waals surface area (Å²) in [6.45, 7) is 29.6. The van der Waals surface area contributed by atoms with Gasteiger partial charge in [0.05, 0.1) is 12.2 Å². The third-order valence-electron chi connectivity index (χ3n) is 12.7. The minimum Gasteiger partial charge on any atom is -0.446 e. The largest absolute Gasteiger partial charge is 0.446 e. The number of nitrogens with one attached hydrogen (secondary N) is 1. The van der Waals surface area contributed by atoms with Gasteiger partial charge in [-0.25, -0.2) is 4.79 Å². The Morgan fingerprint density at radius 3 is 2.09 bits per heavy atom. The molecule has 0 saturated heterocycles. The Kier molecular flexibility index (Phi) is 20.8. The van der Waals surface area contributed by atoms with Gasteiger partial charge >= 0.3 is 6.09 Å². The van der Waals surface area contributed by atoms with Crippen molar-refractivity contribution >= 4 is 6.09 Å². The molecule has 0 heterocycles. The smallest absolute Gasteiger partial charge is 0.407 e. The van der Waals surface area contributed by atoms with Crippen LogP contribution in [0.15, 0.2) is 0 Å². The zero-order valence-electron chi connectivity index (χ0n) is 33.8. The lowest BCUT2D eigenvalue weighted by atomic mass is 9.50. The van der Waals surface area contributed by atoms with Gasteiger partial charge in [0.25, 0.3) is 0 Å². The summed E-state index contributed by atoms with van der Waals surface area (Å²) in [5.74, 6) is 5.11. The number of carbonyl (C=O) groups excluding carboxylic acids is 1. The summed E-state index contributed by atoms with van der Waals surface area (Å²) in [6, 6.07) is 0. The molecule has 0 spiro atoms. The van der Waals surface area contributed by atoms with E-state index in [-0.39, 0.29) is 17.8 Å². The van der Waals surface area contributed by atoms with Crippen LogP contribution < -0.4 is 11.1 Å². The fourth-order valence-corrected chi connectivity index (χ4v) is 9.80. The Morgan fingerprint density at radius 1 is 0.894 bits per heavy atom. The van der Waals surface area contributed by atoms with E-state index in [1.807, 2.05) is 13.8 Å². The van der Waals surface area contributed by atoms with Crippen LogP contribution in [0.25, 0.3) is 0 Å². The van der Waals surface area contributed by atoms with Gasteiger partial charge in [0.15, 0.2) is 0 Å². The van der Waals surface area contributed by atoms with Crippen LogP contribution in [0, 0.1) is 46.3 Å². The molecule has 0 aromatic heterocycles. The standard InChI is InChI=1S/C36H67NO3.C4H11N.C2H6/c1-10-11-20-34(6,7)39-25-24-37-33(38)40-29-17-21-35(8,22-18-29)31-19-23-36(9)30(15-16-32(36)28(31)5)27(4)14-12-13-26(2)3;1-2-3-4-5;1-2/h26-32H,10-25H2,1-9H3,(H,37,38);2-5H2,1H3;1-2H3/t27-,28?,29?,30?,31?,32?,35?,36?;;/m1../s1. The van der Waals surface area contributed by atoms with E-state index in [1.54, 1.807) is 0 Å². The molecule has 0 aromatic carbocycles. The first kappa shape index (κ1) is 44.2. The fourth-order valence-electron chi connectivity index (χ4n) is 9.80. The molecule has 5 unspecified atom stereocenters. The van der Waals surface area contributed by atoms with Gasteiger partial charge in [-0.1, -0.05) is 108 Å². The molecule has 3 rings (SSSR count). The number of hydrogen-bond acceptors (Lipinski definition) is 4. The molecule has 0 aromatic rings. The molecule has 3 aliphatic rings. The quantitative estimate of drug-likeness (QED) is 0.161. The predicted molar refractivity (Wildman–Crippen MR) is 204 cm³/mol. The van der Waals surface area contributed by atoms with E-state index >= 15 is 0 Å². The zero-order chi connectivity index (χ0) is 35.7. The first-order chi connectivity index (χ1) is 22.2. The molecule has 3 aliphatic carbocycles. The SMILES string of the molecule is CC.CCCCC(C)(C)OCCNC(=O)OC1CCC(C)(C2CCC3(C)C(CCC3[C@H](C)CCCC(C)C)C2C)CC1.CCCCN. The van der Waals surface area contributed by atoms with Crippen molar-refractivity contribution in [1.29, 1.82) is 0 Å². The van der Waals surface area contributed by atoms with Crippen LogP contribution >= 0.6 is 0 Å². The average Bonchev–Trinajstić information content (AvgIpc) is 3.39. The van der Waals surface area contributed by atoms with Gasteiger partial charge in [0, 0.05) is 6.54 Å². The maximum Gasteiger partial charge on any atom is 0.407 e. The normalized spacial score (nSPS) is 31.1. The summed E-state index contributed by atoms with van der Waals surface area (Å²) in [4.78, 5) is 12.5. The highest BCUT2D eigenvalue weighted by atomic mass is 16.6. The van der Waals surface area contributed by atoms with Gasteiger partial charge in [-0.05, 0) is 131 Å². The summed E-state index contributed by atoms with van der Waals surface area (Å²) < 4.78 is 11.9. The predicted octanol–water partition coefficient (Wildman–Crippen LogP) is 12.0. The Balaban J connectivity index is 0.00000144. The lowest BCUT2D eigenvalue weighted by Gasteiger charge is -2.55. The number of carbonyl (C=O) groups is 1. The van der Waals surface area contributed by atoms with E-state index < -0.39 is 0 Å². The first-order valence-corrected chi connectivity index (χ1v) is 20.5. The van der Waals surface area contributed by atoms with Crippen molar-refractivity contribution in [3.63, 3.8) is 0 Å². The molecule has 1 amide bonds. The number of ether oxygens (including phenoxy) is 2. The minimum atomic E-state index is -0.273. The molecule has 3 fully saturated rings. The second kappa shape index (κ2) is 22.1. The van der Waals surface area contributed by atoms with Crippen molar-refractivity contribution in [2.75, 3.05) is 19.7 Å². The topological polar surface area (TPSA) is 73.6 Å². The third kappa shape index (κ3) is 14.1. The fraction of sp³-hybridized carbons (Fsp3) is 0.976. The molecule has 0 radical (unpaired) electrons. The van der Waals surface area contributed by atoms with Crippen LogP contribution in [-0.4, -0.2) is 37.5 Å². The lowest BCUT2D eigenvalue weighted by molar-refractivity contribution is -0.0655. The summed E-state index contributed by atoms with van der Waals surface area (Å²) in [5, 5.41) is 2.92. The number of rotatable bonds is 16. The number of amides is 1. The Labute approximate surface area is 294 Å². The van der Waals surface area contributed by atoms with Gasteiger partial charge in [0.1, 0.15) is 6.10 Å². The van der Waals surface area contributed by atoms with Crippen molar-refractivity contribution < 1.29 is 14.3 Å². The van der Waals surface area contributed by atoms with Crippen LogP contribution in [0.1, 0.15) is 186 Å². The van der Waals surface area contributed by atoms with Crippen LogP contribution in [-0.2, 0) is 9.47 Å². The van der Waals surface area contributed by atoms with Crippen LogP contribution in [0.3, 0.4) is 0 Å². The second-order valence-corrected chi connectivity index (χ2v) is 17.1. The molecule has 3 saturated carbocycles. The number of alkyl carbamates (subject to hydrolysis) is 1. The summed E-state index contributed by atoms with van der Waals surface area (Å²) in [5.41, 5.74) is 5.93. The maximum absolute atomic E-state index is 12.5. The molecule has 6 atom stereocenters. The van der Waals surface area contributed by atoms with Gasteiger partial charge in [-0.2, -0.15) is 0 Å². The molecule has 280 valence electrons. The highest BCUT2D eigenvalue weighted by Gasteiger charge is 2.56. The van der Waals surface area contributed by atoms with Gasteiger partial charge < -0.3 is 20.5 Å². The number of hydrogen-bond donors (Lipinski definition) is 2. The third-order valence-corrected chi connectivity index (χ3v) is 12.7. The Hall–Kier alpha value is -0.810. The highest BCUT2D eigenvalue weighted by molar-refractivity contribution is 5.67. The summed E-state index contributed by atoms with van der Waals surface area (Å²) in [7, 11) is 0. The molecule has 3 N–H and O–H groups in total. The molecule has 0 aliphatic heterocycles. The Morgan fingerprint density at radius 2 is 1.53 bits per heavy atom. The zero-order valence-corrected chi connectivity index (χ0v) is 33.8. The van der Waals surface area contributed by atoms with E-state index in [9.17, 15) is 4.79 Å². The number of unbranched alkanes of at least 4 members (excludes halogenated alkanes) is 2. The molecule has 47 heavy (non-hydrogen) atoms. The van der Waals surface area contributed by atoms with E-state index in [4.69, 9.17) is 15.2 Å². The minimum absolute atomic E-state index is 0.0571. The molecule has 0 bridgehead atoms. The van der Waals surface area contributed by atoms with Gasteiger partial charge in [0.2, 0.25) is 0 Å². The van der Waals surface area contributed by atoms with Crippen LogP contribution in [0.5, 0.6) is 0 Å².